The number of unbranched alkanes of at least 4 members (excludes halogenated alkanes) is 44. The third-order valence-electron chi connectivity index (χ3n) is 15.7. The van der Waals surface area contributed by atoms with Crippen LogP contribution in [0.15, 0.2) is 60.8 Å². The van der Waals surface area contributed by atoms with Crippen molar-refractivity contribution in [3.05, 3.63) is 60.8 Å². The monoisotopic (exact) mass is 1120 g/mol. The van der Waals surface area contributed by atoms with Gasteiger partial charge in [0.2, 0.25) is 0 Å². The zero-order chi connectivity index (χ0) is 57.8. The minimum atomic E-state index is -0.780. The van der Waals surface area contributed by atoms with E-state index in [1.165, 1.54) is 250 Å². The summed E-state index contributed by atoms with van der Waals surface area (Å²) in [7, 11) is 0. The first-order valence-electron chi connectivity index (χ1n) is 35.3. The van der Waals surface area contributed by atoms with Gasteiger partial charge in [-0.25, -0.2) is 0 Å². The fourth-order valence-electron chi connectivity index (χ4n) is 10.4. The van der Waals surface area contributed by atoms with Crippen LogP contribution < -0.4 is 0 Å². The Labute approximate surface area is 498 Å². The van der Waals surface area contributed by atoms with E-state index in [1.807, 2.05) is 0 Å². The van der Waals surface area contributed by atoms with Gasteiger partial charge in [0.25, 0.3) is 0 Å². The maximum atomic E-state index is 12.9. The van der Waals surface area contributed by atoms with E-state index < -0.39 is 6.10 Å². The van der Waals surface area contributed by atoms with E-state index in [9.17, 15) is 14.4 Å². The van der Waals surface area contributed by atoms with E-state index in [2.05, 4.69) is 81.5 Å². The van der Waals surface area contributed by atoms with E-state index in [-0.39, 0.29) is 31.1 Å². The van der Waals surface area contributed by atoms with Crippen LogP contribution in [-0.4, -0.2) is 37.2 Å². The van der Waals surface area contributed by atoms with Crippen molar-refractivity contribution in [1.82, 2.24) is 0 Å². The first-order chi connectivity index (χ1) is 39.5. The van der Waals surface area contributed by atoms with Crippen LogP contribution in [0.1, 0.15) is 374 Å². The summed E-state index contributed by atoms with van der Waals surface area (Å²) in [5.74, 6) is -0.864. The topological polar surface area (TPSA) is 78.9 Å². The number of esters is 3. The number of carbonyl (C=O) groups is 3. The number of ether oxygens (including phenoxy) is 3. The lowest BCUT2D eigenvalue weighted by Crippen LogP contribution is -2.30. The molecule has 466 valence electrons. The molecule has 1 unspecified atom stereocenters. The first kappa shape index (κ1) is 77.1. The molecule has 0 aromatic heterocycles. The van der Waals surface area contributed by atoms with Gasteiger partial charge in [0.15, 0.2) is 6.10 Å². The van der Waals surface area contributed by atoms with E-state index in [0.29, 0.717) is 19.3 Å². The molecule has 0 aliphatic heterocycles. The molecule has 0 saturated carbocycles. The second-order valence-electron chi connectivity index (χ2n) is 23.8. The van der Waals surface area contributed by atoms with Crippen molar-refractivity contribution in [2.24, 2.45) is 0 Å². The maximum absolute atomic E-state index is 12.9. The second kappa shape index (κ2) is 68.6. The van der Waals surface area contributed by atoms with Gasteiger partial charge in [-0.2, -0.15) is 0 Å². The lowest BCUT2D eigenvalue weighted by Gasteiger charge is -2.18. The minimum absolute atomic E-state index is 0.0749. The average molecular weight is 1120 g/mol. The van der Waals surface area contributed by atoms with Gasteiger partial charge < -0.3 is 14.2 Å². The van der Waals surface area contributed by atoms with Crippen LogP contribution >= 0.6 is 0 Å². The van der Waals surface area contributed by atoms with Crippen molar-refractivity contribution in [2.45, 2.75) is 380 Å². The summed E-state index contributed by atoms with van der Waals surface area (Å²) in [4.78, 5) is 38.4. The fraction of sp³-hybridized carbons (Fsp3) is 0.824. The molecule has 6 heteroatoms. The number of rotatable bonds is 65. The fourth-order valence-corrected chi connectivity index (χ4v) is 10.4. The highest BCUT2D eigenvalue weighted by atomic mass is 16.6. The molecule has 0 aliphatic carbocycles. The summed E-state index contributed by atoms with van der Waals surface area (Å²) in [5.41, 5.74) is 0. The maximum Gasteiger partial charge on any atom is 0.306 e. The molecule has 0 aliphatic rings. The molecule has 0 amide bonds. The van der Waals surface area contributed by atoms with Crippen LogP contribution in [0.3, 0.4) is 0 Å². The number of carbonyl (C=O) groups excluding carboxylic acids is 3. The number of allylic oxidation sites excluding steroid dienone is 10. The normalized spacial score (nSPS) is 12.4. The molecule has 6 nitrogen and oxygen atoms in total. The Hall–Kier alpha value is -2.89. The van der Waals surface area contributed by atoms with Crippen molar-refractivity contribution in [3.8, 4) is 0 Å². The van der Waals surface area contributed by atoms with E-state index in [0.717, 1.165) is 83.5 Å². The average Bonchev–Trinajstić information content (AvgIpc) is 3.46. The van der Waals surface area contributed by atoms with Gasteiger partial charge in [0.1, 0.15) is 13.2 Å². The highest BCUT2D eigenvalue weighted by Crippen LogP contribution is 2.18. The zero-order valence-electron chi connectivity index (χ0n) is 53.6. The summed E-state index contributed by atoms with van der Waals surface area (Å²) in [6, 6.07) is 0. The molecule has 1 atom stereocenters. The molecule has 0 fully saturated rings. The summed E-state index contributed by atoms with van der Waals surface area (Å²) in [6.45, 7) is 6.65. The van der Waals surface area contributed by atoms with E-state index in [4.69, 9.17) is 14.2 Å². The molecule has 0 heterocycles. The van der Waals surface area contributed by atoms with Gasteiger partial charge in [-0.05, 0) is 89.9 Å². The Kier molecular flexibility index (Phi) is 66.1. The summed E-state index contributed by atoms with van der Waals surface area (Å²) in [5, 5.41) is 0. The molecular weight excluding hydrogens is 985 g/mol. The quantitative estimate of drug-likeness (QED) is 0.0261. The number of hydrogen-bond acceptors (Lipinski definition) is 6. The predicted molar refractivity (Wildman–Crippen MR) is 348 cm³/mol. The van der Waals surface area contributed by atoms with Gasteiger partial charge in [0.05, 0.1) is 0 Å². The number of hydrogen-bond donors (Lipinski definition) is 0. The Morgan fingerprint density at radius 2 is 0.450 bits per heavy atom. The van der Waals surface area contributed by atoms with Crippen molar-refractivity contribution < 1.29 is 28.6 Å². The second-order valence-corrected chi connectivity index (χ2v) is 23.8. The third kappa shape index (κ3) is 65.9. The van der Waals surface area contributed by atoms with E-state index in [1.54, 1.807) is 0 Å². The summed E-state index contributed by atoms with van der Waals surface area (Å²) >= 11 is 0. The summed E-state index contributed by atoms with van der Waals surface area (Å²) < 4.78 is 17.0. The van der Waals surface area contributed by atoms with Crippen LogP contribution in [0, 0.1) is 0 Å². The predicted octanol–water partition coefficient (Wildman–Crippen LogP) is 24.3. The molecule has 0 N–H and O–H groups in total. The standard InChI is InChI=1S/C74H134O6/c1-4-7-10-13-16-19-22-25-28-30-32-33-34-35-36-37-38-39-40-41-43-44-46-49-52-55-58-61-64-67-73(76)79-70-71(69-78-72(75)66-63-60-57-54-51-48-27-24-21-18-15-12-9-6-3)80-74(77)68-65-62-59-56-53-50-47-45-42-31-29-26-23-20-17-14-11-8-5-2/h17,20,22,25-26,29-30,32,42,45,71H,4-16,18-19,21,23-24,27-28,31,33-41,43-44,46-70H2,1-3H3/b20-17-,25-22-,29-26-,32-30-,45-42-. The molecule has 0 aromatic rings. The van der Waals surface area contributed by atoms with Gasteiger partial charge in [-0.1, -0.05) is 326 Å². The van der Waals surface area contributed by atoms with Crippen molar-refractivity contribution in [3.63, 3.8) is 0 Å². The molecular formula is C74H134O6. The van der Waals surface area contributed by atoms with Crippen molar-refractivity contribution in [2.75, 3.05) is 13.2 Å². The SMILES string of the molecule is CCCCC/C=C\C/C=C\C/C=C\CCCCCCCCC(=O)OC(COC(=O)CCCCCCCCCCCCCCCC)COC(=O)CCCCCCCCCCCCCCCCCCC/C=C\C/C=C\CCCCCCC. The Morgan fingerprint density at radius 3 is 0.725 bits per heavy atom. The van der Waals surface area contributed by atoms with E-state index >= 15 is 0 Å². The molecule has 0 aromatic carbocycles. The van der Waals surface area contributed by atoms with Gasteiger partial charge >= 0.3 is 17.9 Å². The Morgan fingerprint density at radius 1 is 0.250 bits per heavy atom. The zero-order valence-corrected chi connectivity index (χ0v) is 53.6. The molecule has 0 rings (SSSR count). The van der Waals surface area contributed by atoms with Crippen molar-refractivity contribution >= 4 is 17.9 Å². The lowest BCUT2D eigenvalue weighted by atomic mass is 10.0. The Balaban J connectivity index is 4.24. The molecule has 0 saturated heterocycles. The van der Waals surface area contributed by atoms with Crippen LogP contribution in [0.25, 0.3) is 0 Å². The highest BCUT2D eigenvalue weighted by molar-refractivity contribution is 5.71. The van der Waals surface area contributed by atoms with Gasteiger partial charge in [-0.3, -0.25) is 14.4 Å². The van der Waals surface area contributed by atoms with Crippen LogP contribution in [-0.2, 0) is 28.6 Å². The molecule has 0 spiro atoms. The third-order valence-corrected chi connectivity index (χ3v) is 15.7. The minimum Gasteiger partial charge on any atom is -0.462 e. The van der Waals surface area contributed by atoms with Crippen molar-refractivity contribution in [1.29, 1.82) is 0 Å². The van der Waals surface area contributed by atoms with Crippen LogP contribution in [0.2, 0.25) is 0 Å². The smallest absolute Gasteiger partial charge is 0.306 e. The Bertz CT molecular complexity index is 1430. The lowest BCUT2D eigenvalue weighted by molar-refractivity contribution is -0.167. The van der Waals surface area contributed by atoms with Gasteiger partial charge in [0, 0.05) is 19.3 Å². The van der Waals surface area contributed by atoms with Crippen LogP contribution in [0.4, 0.5) is 0 Å². The highest BCUT2D eigenvalue weighted by Gasteiger charge is 2.19. The largest absolute Gasteiger partial charge is 0.462 e. The first-order valence-corrected chi connectivity index (χ1v) is 35.3. The molecule has 0 radical (unpaired) electrons. The van der Waals surface area contributed by atoms with Gasteiger partial charge in [-0.15, -0.1) is 0 Å². The summed E-state index contributed by atoms with van der Waals surface area (Å²) in [6.07, 6.45) is 88.2. The molecule has 80 heavy (non-hydrogen) atoms. The van der Waals surface area contributed by atoms with Crippen LogP contribution in [0.5, 0.6) is 0 Å². The molecule has 0 bridgehead atoms.